The molecular formula is C13H22N4O. The Balaban J connectivity index is 2.54. The summed E-state index contributed by atoms with van der Waals surface area (Å²) in [5.41, 5.74) is 4.95. The van der Waals surface area contributed by atoms with Gasteiger partial charge in [0.05, 0.1) is 13.2 Å². The van der Waals surface area contributed by atoms with E-state index in [2.05, 4.69) is 46.9 Å². The van der Waals surface area contributed by atoms with Gasteiger partial charge >= 0.3 is 0 Å². The zero-order chi connectivity index (χ0) is 13.4. The molecule has 0 radical (unpaired) electrons. The van der Waals surface area contributed by atoms with Crippen LogP contribution in [0.25, 0.3) is 0 Å². The van der Waals surface area contributed by atoms with Gasteiger partial charge in [-0.3, -0.25) is 5.43 Å². The number of nitrogens with zero attached hydrogens (tertiary/aromatic N) is 1. The van der Waals surface area contributed by atoms with Gasteiger partial charge in [-0.05, 0) is 19.4 Å². The third-order valence-corrected chi connectivity index (χ3v) is 2.48. The molecule has 0 aliphatic carbocycles. The molecule has 1 atom stereocenters. The predicted molar refractivity (Wildman–Crippen MR) is 74.1 cm³/mol. The van der Waals surface area contributed by atoms with Crippen LogP contribution in [0.15, 0.2) is 29.3 Å². The van der Waals surface area contributed by atoms with Gasteiger partial charge in [0.25, 0.3) is 0 Å². The molecule has 1 rings (SSSR count). The van der Waals surface area contributed by atoms with Gasteiger partial charge in [-0.1, -0.05) is 29.8 Å². The first-order valence-electron chi connectivity index (χ1n) is 5.97. The monoisotopic (exact) mass is 250 g/mol. The molecule has 0 heterocycles. The van der Waals surface area contributed by atoms with Crippen LogP contribution < -0.4 is 16.6 Å². The highest BCUT2D eigenvalue weighted by Gasteiger charge is 2.03. The van der Waals surface area contributed by atoms with Crippen LogP contribution >= 0.6 is 0 Å². The molecule has 1 aromatic rings. The van der Waals surface area contributed by atoms with Crippen LogP contribution in [-0.4, -0.2) is 25.7 Å². The standard InChI is InChI=1S/C13H22N4O/c1-10-4-6-12(7-5-10)8-15-13(17-14)16-11(2)9-18-3/h4-7,11H,8-9,14H2,1-3H3,(H2,15,16,17). The van der Waals surface area contributed by atoms with Gasteiger partial charge < -0.3 is 10.1 Å². The average molecular weight is 250 g/mol. The first-order chi connectivity index (χ1) is 8.65. The minimum absolute atomic E-state index is 0.155. The molecule has 0 saturated heterocycles. The number of methoxy groups -OCH3 is 1. The van der Waals surface area contributed by atoms with E-state index in [1.165, 1.54) is 5.56 Å². The number of aliphatic imine (C=N–C) groups is 1. The molecule has 18 heavy (non-hydrogen) atoms. The van der Waals surface area contributed by atoms with Gasteiger partial charge in [0.1, 0.15) is 0 Å². The van der Waals surface area contributed by atoms with Crippen molar-refractivity contribution in [2.75, 3.05) is 13.7 Å². The zero-order valence-electron chi connectivity index (χ0n) is 11.2. The Labute approximate surface area is 108 Å². The lowest BCUT2D eigenvalue weighted by Gasteiger charge is -2.15. The summed E-state index contributed by atoms with van der Waals surface area (Å²) in [6.45, 7) is 5.26. The maximum atomic E-state index is 5.42. The quantitative estimate of drug-likeness (QED) is 0.315. The van der Waals surface area contributed by atoms with Crippen molar-refractivity contribution in [1.29, 1.82) is 0 Å². The van der Waals surface area contributed by atoms with Crippen LogP contribution in [0, 0.1) is 6.92 Å². The Hall–Kier alpha value is -1.59. The maximum Gasteiger partial charge on any atom is 0.206 e. The van der Waals surface area contributed by atoms with E-state index in [1.54, 1.807) is 7.11 Å². The number of rotatable bonds is 5. The van der Waals surface area contributed by atoms with E-state index in [9.17, 15) is 0 Å². The lowest BCUT2D eigenvalue weighted by Crippen LogP contribution is -2.46. The molecule has 0 spiro atoms. The van der Waals surface area contributed by atoms with E-state index < -0.39 is 0 Å². The van der Waals surface area contributed by atoms with Crippen molar-refractivity contribution >= 4 is 5.96 Å². The molecule has 0 aliphatic heterocycles. The second kappa shape index (κ2) is 7.68. The summed E-state index contributed by atoms with van der Waals surface area (Å²) in [4.78, 5) is 4.38. The summed E-state index contributed by atoms with van der Waals surface area (Å²) in [7, 11) is 1.66. The van der Waals surface area contributed by atoms with Gasteiger partial charge in [-0.2, -0.15) is 0 Å². The predicted octanol–water partition coefficient (Wildman–Crippen LogP) is 0.939. The van der Waals surface area contributed by atoms with Crippen molar-refractivity contribution in [2.45, 2.75) is 26.4 Å². The molecule has 0 aromatic heterocycles. The maximum absolute atomic E-state index is 5.42. The minimum atomic E-state index is 0.155. The third-order valence-electron chi connectivity index (χ3n) is 2.48. The van der Waals surface area contributed by atoms with Crippen molar-refractivity contribution in [1.82, 2.24) is 10.7 Å². The molecule has 4 N–H and O–H groups in total. The Bertz CT molecular complexity index is 375. The average Bonchev–Trinajstić information content (AvgIpc) is 2.36. The van der Waals surface area contributed by atoms with Crippen LogP contribution in [0.2, 0.25) is 0 Å². The van der Waals surface area contributed by atoms with E-state index in [0.29, 0.717) is 19.1 Å². The molecule has 0 aliphatic rings. The van der Waals surface area contributed by atoms with Crippen molar-refractivity contribution in [3.8, 4) is 0 Å². The molecule has 1 unspecified atom stereocenters. The van der Waals surface area contributed by atoms with Gasteiger partial charge in [0.2, 0.25) is 5.96 Å². The topological polar surface area (TPSA) is 71.7 Å². The highest BCUT2D eigenvalue weighted by molar-refractivity contribution is 5.79. The van der Waals surface area contributed by atoms with Gasteiger partial charge in [0, 0.05) is 13.2 Å². The van der Waals surface area contributed by atoms with Crippen molar-refractivity contribution < 1.29 is 4.74 Å². The Morgan fingerprint density at radius 2 is 2.06 bits per heavy atom. The van der Waals surface area contributed by atoms with Crippen LogP contribution in [0.4, 0.5) is 0 Å². The smallest absolute Gasteiger partial charge is 0.206 e. The van der Waals surface area contributed by atoms with Crippen LogP contribution in [0.3, 0.4) is 0 Å². The van der Waals surface area contributed by atoms with Gasteiger partial charge in [0.15, 0.2) is 0 Å². The van der Waals surface area contributed by atoms with Crippen molar-refractivity contribution in [2.24, 2.45) is 10.8 Å². The Morgan fingerprint density at radius 1 is 1.39 bits per heavy atom. The molecular weight excluding hydrogens is 228 g/mol. The first kappa shape index (κ1) is 14.5. The van der Waals surface area contributed by atoms with E-state index in [-0.39, 0.29) is 6.04 Å². The highest BCUT2D eigenvalue weighted by atomic mass is 16.5. The van der Waals surface area contributed by atoms with E-state index in [1.807, 2.05) is 6.92 Å². The van der Waals surface area contributed by atoms with E-state index in [0.717, 1.165) is 5.56 Å². The Morgan fingerprint density at radius 3 is 2.61 bits per heavy atom. The molecule has 0 amide bonds. The zero-order valence-corrected chi connectivity index (χ0v) is 11.2. The number of hydrogen-bond acceptors (Lipinski definition) is 3. The number of hydrazine groups is 1. The number of nitrogens with two attached hydrogens (primary N) is 1. The number of hydrogen-bond donors (Lipinski definition) is 3. The number of nitrogens with one attached hydrogen (secondary N) is 2. The fourth-order valence-corrected chi connectivity index (χ4v) is 1.52. The second-order valence-electron chi connectivity index (χ2n) is 4.30. The number of guanidine groups is 1. The van der Waals surface area contributed by atoms with Gasteiger partial charge in [-0.25, -0.2) is 10.8 Å². The third kappa shape index (κ3) is 5.16. The summed E-state index contributed by atoms with van der Waals surface area (Å²) in [6.07, 6.45) is 0. The van der Waals surface area contributed by atoms with E-state index >= 15 is 0 Å². The van der Waals surface area contributed by atoms with Crippen molar-refractivity contribution in [3.63, 3.8) is 0 Å². The number of benzene rings is 1. The SMILES string of the molecule is COCC(C)NC(=NCc1ccc(C)cc1)NN. The van der Waals surface area contributed by atoms with Crippen LogP contribution in [0.5, 0.6) is 0 Å². The fourth-order valence-electron chi connectivity index (χ4n) is 1.52. The summed E-state index contributed by atoms with van der Waals surface area (Å²) in [5.74, 6) is 5.99. The molecule has 100 valence electrons. The van der Waals surface area contributed by atoms with Gasteiger partial charge in [-0.15, -0.1) is 0 Å². The lowest BCUT2D eigenvalue weighted by atomic mass is 10.1. The lowest BCUT2D eigenvalue weighted by molar-refractivity contribution is 0.179. The number of ether oxygens (including phenoxy) is 1. The first-order valence-corrected chi connectivity index (χ1v) is 5.97. The summed E-state index contributed by atoms with van der Waals surface area (Å²) in [6, 6.07) is 8.42. The molecule has 5 nitrogen and oxygen atoms in total. The fraction of sp³-hybridized carbons (Fsp3) is 0.462. The largest absolute Gasteiger partial charge is 0.383 e. The second-order valence-corrected chi connectivity index (χ2v) is 4.30. The normalized spacial score (nSPS) is 13.2. The molecule has 0 fully saturated rings. The minimum Gasteiger partial charge on any atom is -0.383 e. The highest BCUT2D eigenvalue weighted by Crippen LogP contribution is 2.04. The summed E-state index contributed by atoms with van der Waals surface area (Å²) >= 11 is 0. The van der Waals surface area contributed by atoms with Crippen LogP contribution in [0.1, 0.15) is 18.1 Å². The summed E-state index contributed by atoms with van der Waals surface area (Å²) in [5, 5.41) is 3.14. The number of aryl methyl sites for hydroxylation is 1. The Kier molecular flexibility index (Phi) is 6.18. The molecule has 5 heteroatoms. The van der Waals surface area contributed by atoms with Crippen LogP contribution in [-0.2, 0) is 11.3 Å². The van der Waals surface area contributed by atoms with Crippen molar-refractivity contribution in [3.05, 3.63) is 35.4 Å². The molecule has 0 bridgehead atoms. The molecule has 1 aromatic carbocycles. The summed E-state index contributed by atoms with van der Waals surface area (Å²) < 4.78 is 5.04. The van der Waals surface area contributed by atoms with E-state index in [4.69, 9.17) is 10.6 Å². The molecule has 0 saturated carbocycles.